The van der Waals surface area contributed by atoms with E-state index in [0.717, 1.165) is 37.5 Å². The number of pyridine rings is 2. The van der Waals surface area contributed by atoms with Crippen LogP contribution < -0.4 is 15.6 Å². The van der Waals surface area contributed by atoms with E-state index in [4.69, 9.17) is 14.6 Å². The summed E-state index contributed by atoms with van der Waals surface area (Å²) in [4.78, 5) is 30.8. The lowest BCUT2D eigenvalue weighted by Gasteiger charge is -2.42. The smallest absolute Gasteiger partial charge is 0.274 e. The predicted octanol–water partition coefficient (Wildman–Crippen LogP) is 3.34. The van der Waals surface area contributed by atoms with E-state index in [1.165, 1.54) is 10.6 Å². The summed E-state index contributed by atoms with van der Waals surface area (Å²) in [6.45, 7) is 2.72. The number of carbonyl (C=O) groups excluding carboxylic acids is 1. The van der Waals surface area contributed by atoms with Crippen LogP contribution in [-0.4, -0.2) is 49.7 Å². The first-order valence-corrected chi connectivity index (χ1v) is 12.2. The number of halogens is 1. The standard InChI is InChI=1S/C25H26FN5O4/c1-24-11-25(12-24,13-34-24)31-10-14-8-16(22(28-20(14)29-31)35-15-4-2-5-15)21(32)27-18-6-3-7-30(23(18)33)19-9-17(19)26/h3,6-8,10,15,17,19H,2,4-5,9,11-13H2,1H3,(H,27,32)/t17-,19?,24?,25?/m1/s1. The van der Waals surface area contributed by atoms with E-state index in [0.29, 0.717) is 18.7 Å². The van der Waals surface area contributed by atoms with Gasteiger partial charge in [-0.15, -0.1) is 0 Å². The molecule has 3 saturated carbocycles. The maximum atomic E-state index is 13.5. The molecule has 2 saturated heterocycles. The summed E-state index contributed by atoms with van der Waals surface area (Å²) in [5, 5.41) is 8.13. The highest BCUT2D eigenvalue weighted by molar-refractivity contribution is 6.07. The van der Waals surface area contributed by atoms with Gasteiger partial charge in [-0.1, -0.05) is 0 Å². The summed E-state index contributed by atoms with van der Waals surface area (Å²) in [5.41, 5.74) is 0.169. The van der Waals surface area contributed by atoms with E-state index >= 15 is 0 Å². The number of carbonyl (C=O) groups is 1. The Kier molecular flexibility index (Phi) is 4.29. The molecule has 0 aromatic carbocycles. The zero-order valence-corrected chi connectivity index (χ0v) is 19.4. The van der Waals surface area contributed by atoms with Crippen LogP contribution in [0.15, 0.2) is 35.4 Å². The monoisotopic (exact) mass is 479 g/mol. The molecule has 5 fully saturated rings. The summed E-state index contributed by atoms with van der Waals surface area (Å²) in [5.74, 6) is -0.284. The zero-order chi connectivity index (χ0) is 23.9. The van der Waals surface area contributed by atoms with Crippen LogP contribution in [0, 0.1) is 0 Å². The van der Waals surface area contributed by atoms with Crippen LogP contribution in [0.3, 0.4) is 0 Å². The van der Waals surface area contributed by atoms with Gasteiger partial charge in [-0.3, -0.25) is 14.3 Å². The fraction of sp³-hybridized carbons (Fsp3) is 0.520. The third-order valence-corrected chi connectivity index (χ3v) is 7.88. The number of nitrogens with one attached hydrogen (secondary N) is 1. The highest BCUT2D eigenvalue weighted by Gasteiger charge is 2.61. The van der Waals surface area contributed by atoms with Gasteiger partial charge in [0.25, 0.3) is 11.5 Å². The van der Waals surface area contributed by atoms with E-state index in [1.54, 1.807) is 18.3 Å². The molecule has 1 unspecified atom stereocenters. The second kappa shape index (κ2) is 7.13. The molecule has 8 rings (SSSR count). The van der Waals surface area contributed by atoms with Gasteiger partial charge in [0.1, 0.15) is 23.5 Å². The number of fused-ring (bicyclic) bond motifs is 2. The Morgan fingerprint density at radius 2 is 2.14 bits per heavy atom. The number of hydrogen-bond donors (Lipinski definition) is 1. The number of rotatable bonds is 6. The fourth-order valence-corrected chi connectivity index (χ4v) is 5.66. The Morgan fingerprint density at radius 3 is 2.80 bits per heavy atom. The van der Waals surface area contributed by atoms with Crippen LogP contribution >= 0.6 is 0 Å². The summed E-state index contributed by atoms with van der Waals surface area (Å²) < 4.78 is 28.8. The van der Waals surface area contributed by atoms with Gasteiger partial charge >= 0.3 is 0 Å². The SMILES string of the molecule is CC12CC(n3cc4cc(C(=O)Nc5cccn(C6C[C@H]6F)c5=O)c(OC5CCC5)nc4n3)(CO1)C2. The molecule has 35 heavy (non-hydrogen) atoms. The molecule has 3 aromatic rings. The molecule has 3 aliphatic carbocycles. The fourth-order valence-electron chi connectivity index (χ4n) is 5.66. The molecule has 2 atom stereocenters. The van der Waals surface area contributed by atoms with Gasteiger partial charge in [0.05, 0.1) is 23.8 Å². The molecule has 9 nitrogen and oxygen atoms in total. The Bertz CT molecular complexity index is 1420. The molecule has 0 spiro atoms. The number of amides is 1. The number of alkyl halides is 1. The van der Waals surface area contributed by atoms with Crippen LogP contribution in [0.5, 0.6) is 5.88 Å². The first kappa shape index (κ1) is 21.0. The van der Waals surface area contributed by atoms with Gasteiger partial charge < -0.3 is 19.4 Å². The van der Waals surface area contributed by atoms with Crippen molar-refractivity contribution in [1.29, 1.82) is 0 Å². The lowest BCUT2D eigenvalue weighted by atomic mass is 9.69. The minimum atomic E-state index is -1.03. The largest absolute Gasteiger partial charge is 0.474 e. The molecule has 2 bridgehead atoms. The molecular weight excluding hydrogens is 453 g/mol. The van der Waals surface area contributed by atoms with Gasteiger partial charge in [0, 0.05) is 37.0 Å². The summed E-state index contributed by atoms with van der Waals surface area (Å²) in [6.07, 6.45) is 7.43. The Morgan fingerprint density at radius 1 is 1.34 bits per heavy atom. The summed E-state index contributed by atoms with van der Waals surface area (Å²) >= 11 is 0. The summed E-state index contributed by atoms with van der Waals surface area (Å²) in [6, 6.07) is 4.41. The molecule has 3 aromatic heterocycles. The van der Waals surface area contributed by atoms with Gasteiger partial charge in [0.15, 0.2) is 5.65 Å². The lowest BCUT2D eigenvalue weighted by molar-refractivity contribution is 0.00381. The third kappa shape index (κ3) is 3.30. The maximum Gasteiger partial charge on any atom is 0.274 e. The molecule has 2 aliphatic heterocycles. The predicted molar refractivity (Wildman–Crippen MR) is 125 cm³/mol. The number of anilines is 1. The third-order valence-electron chi connectivity index (χ3n) is 7.88. The first-order chi connectivity index (χ1) is 16.8. The molecule has 1 amide bonds. The van der Waals surface area contributed by atoms with Crippen LogP contribution in [-0.2, 0) is 10.3 Å². The molecular formula is C25H26FN5O4. The van der Waals surface area contributed by atoms with Crippen molar-refractivity contribution in [2.45, 2.75) is 74.9 Å². The molecule has 182 valence electrons. The van der Waals surface area contributed by atoms with Crippen LogP contribution in [0.1, 0.15) is 61.8 Å². The lowest BCUT2D eigenvalue weighted by Crippen LogP contribution is -2.49. The number of hydrogen-bond acceptors (Lipinski definition) is 6. The zero-order valence-electron chi connectivity index (χ0n) is 19.4. The average molecular weight is 480 g/mol. The van der Waals surface area contributed by atoms with Crippen molar-refractivity contribution < 1.29 is 18.7 Å². The van der Waals surface area contributed by atoms with Crippen LogP contribution in [0.4, 0.5) is 10.1 Å². The number of ether oxygens (including phenoxy) is 2. The van der Waals surface area contributed by atoms with Gasteiger partial charge in [-0.25, -0.2) is 4.39 Å². The van der Waals surface area contributed by atoms with Crippen LogP contribution in [0.2, 0.25) is 0 Å². The van der Waals surface area contributed by atoms with Crippen molar-refractivity contribution >= 4 is 22.6 Å². The van der Waals surface area contributed by atoms with Gasteiger partial charge in [-0.2, -0.15) is 10.1 Å². The van der Waals surface area contributed by atoms with Crippen molar-refractivity contribution in [2.75, 3.05) is 11.9 Å². The van der Waals surface area contributed by atoms with Crippen molar-refractivity contribution in [1.82, 2.24) is 19.3 Å². The van der Waals surface area contributed by atoms with E-state index in [9.17, 15) is 14.0 Å². The highest BCUT2D eigenvalue weighted by Crippen LogP contribution is 2.55. The second-order valence-electron chi connectivity index (χ2n) is 10.7. The normalized spacial score (nSPS) is 31.1. The average Bonchev–Trinajstić information content (AvgIpc) is 3.10. The Labute approximate surface area is 200 Å². The minimum Gasteiger partial charge on any atom is -0.474 e. The number of nitrogens with zero attached hydrogens (tertiary/aromatic N) is 4. The highest BCUT2D eigenvalue weighted by atomic mass is 19.1. The molecule has 10 heteroatoms. The molecule has 5 aliphatic rings. The van der Waals surface area contributed by atoms with Crippen molar-refractivity contribution in [3.05, 3.63) is 46.5 Å². The Hall–Kier alpha value is -3.27. The molecule has 1 N–H and O–H groups in total. The van der Waals surface area contributed by atoms with E-state index in [1.807, 2.05) is 10.9 Å². The molecule has 5 heterocycles. The molecule has 0 radical (unpaired) electrons. The Balaban J connectivity index is 1.23. The topological polar surface area (TPSA) is 100 Å². The first-order valence-electron chi connectivity index (χ1n) is 12.2. The van der Waals surface area contributed by atoms with E-state index in [2.05, 4.69) is 17.2 Å². The number of aromatic nitrogens is 4. The van der Waals surface area contributed by atoms with Gasteiger partial charge in [0.2, 0.25) is 5.88 Å². The maximum absolute atomic E-state index is 13.5. The summed E-state index contributed by atoms with van der Waals surface area (Å²) in [7, 11) is 0. The van der Waals surface area contributed by atoms with Gasteiger partial charge in [-0.05, 0) is 44.4 Å². The van der Waals surface area contributed by atoms with Crippen molar-refractivity contribution in [3.8, 4) is 5.88 Å². The van der Waals surface area contributed by atoms with E-state index < -0.39 is 23.7 Å². The second-order valence-corrected chi connectivity index (χ2v) is 10.7. The van der Waals surface area contributed by atoms with E-state index in [-0.39, 0.29) is 34.4 Å². The minimum absolute atomic E-state index is 0.00746. The van der Waals surface area contributed by atoms with Crippen molar-refractivity contribution in [3.63, 3.8) is 0 Å². The van der Waals surface area contributed by atoms with Crippen molar-refractivity contribution in [2.24, 2.45) is 0 Å². The quantitative estimate of drug-likeness (QED) is 0.582. The van der Waals surface area contributed by atoms with Crippen LogP contribution in [0.25, 0.3) is 11.0 Å².